The highest BCUT2D eigenvalue weighted by molar-refractivity contribution is 7.99. The number of rotatable bonds is 4. The van der Waals surface area contributed by atoms with E-state index in [9.17, 15) is 4.79 Å². The van der Waals surface area contributed by atoms with Gasteiger partial charge < -0.3 is 10.8 Å². The summed E-state index contributed by atoms with van der Waals surface area (Å²) in [6.45, 7) is 0. The average molecular weight is 256 g/mol. The number of carboxylic acid groups (broad SMARTS) is 1. The molecule has 1 heterocycles. The van der Waals surface area contributed by atoms with Crippen molar-refractivity contribution in [3.63, 3.8) is 0 Å². The van der Waals surface area contributed by atoms with Gasteiger partial charge in [-0.25, -0.2) is 0 Å². The molecule has 0 radical (unpaired) electrons. The molecule has 7 heteroatoms. The van der Waals surface area contributed by atoms with E-state index in [0.29, 0.717) is 17.1 Å². The van der Waals surface area contributed by atoms with Crippen LogP contribution in [0.25, 0.3) is 0 Å². The zero-order valence-electron chi connectivity index (χ0n) is 9.50. The number of nitrogens with two attached hydrogens (primary N) is 1. The highest BCUT2D eigenvalue weighted by Crippen LogP contribution is 2.33. The van der Waals surface area contributed by atoms with E-state index in [0.717, 1.165) is 12.8 Å². The number of nitrogens with zero attached hydrogens (tertiary/aromatic N) is 3. The van der Waals surface area contributed by atoms with E-state index in [2.05, 4.69) is 10.2 Å². The molecule has 6 nitrogen and oxygen atoms in total. The number of carboxylic acids is 1. The van der Waals surface area contributed by atoms with Crippen LogP contribution in [0.2, 0.25) is 0 Å². The van der Waals surface area contributed by atoms with Crippen molar-refractivity contribution in [1.29, 1.82) is 0 Å². The molecule has 0 amide bonds. The van der Waals surface area contributed by atoms with Gasteiger partial charge in [0.2, 0.25) is 5.95 Å². The molecule has 1 saturated carbocycles. The summed E-state index contributed by atoms with van der Waals surface area (Å²) in [7, 11) is 0. The Labute approximate surface area is 104 Å². The van der Waals surface area contributed by atoms with Crippen LogP contribution in [-0.4, -0.2) is 31.6 Å². The minimum Gasteiger partial charge on any atom is -0.481 e. The topological polar surface area (TPSA) is 94.0 Å². The number of hydrogen-bond acceptors (Lipinski definition) is 5. The molecule has 1 aromatic heterocycles. The fraction of sp³-hybridized carbons (Fsp3) is 0.700. The van der Waals surface area contributed by atoms with E-state index < -0.39 is 5.97 Å². The highest BCUT2D eigenvalue weighted by atomic mass is 32.2. The summed E-state index contributed by atoms with van der Waals surface area (Å²) < 4.78 is 1.90. The lowest BCUT2D eigenvalue weighted by molar-refractivity contribution is -0.133. The van der Waals surface area contributed by atoms with Gasteiger partial charge in [0.05, 0.1) is 5.75 Å². The van der Waals surface area contributed by atoms with Crippen molar-refractivity contribution in [3.8, 4) is 0 Å². The molecule has 0 aliphatic heterocycles. The molecule has 0 unspecified atom stereocenters. The third kappa shape index (κ3) is 2.91. The van der Waals surface area contributed by atoms with Crippen LogP contribution in [-0.2, 0) is 4.79 Å². The van der Waals surface area contributed by atoms with Gasteiger partial charge in [-0.3, -0.25) is 9.36 Å². The zero-order chi connectivity index (χ0) is 12.3. The fourth-order valence-electron chi connectivity index (χ4n) is 2.20. The van der Waals surface area contributed by atoms with E-state index >= 15 is 0 Å². The van der Waals surface area contributed by atoms with Crippen molar-refractivity contribution in [2.24, 2.45) is 0 Å². The molecular weight excluding hydrogens is 240 g/mol. The predicted octanol–water partition coefficient (Wildman–Crippen LogP) is 1.54. The van der Waals surface area contributed by atoms with Crippen LogP contribution >= 0.6 is 11.8 Å². The first kappa shape index (κ1) is 12.2. The van der Waals surface area contributed by atoms with Crippen molar-refractivity contribution >= 4 is 23.7 Å². The third-order valence-electron chi connectivity index (χ3n) is 2.96. The standard InChI is InChI=1S/C10H16N4O2S/c11-9-12-13-10(17-6-8(15)16)14(9)7-4-2-1-3-5-7/h7H,1-6H2,(H2,11,12)(H,15,16). The van der Waals surface area contributed by atoms with Crippen molar-refractivity contribution in [3.05, 3.63) is 0 Å². The second-order valence-corrected chi connectivity index (χ2v) is 5.13. The van der Waals surface area contributed by atoms with E-state index in [1.165, 1.54) is 31.0 Å². The van der Waals surface area contributed by atoms with Crippen molar-refractivity contribution in [1.82, 2.24) is 14.8 Å². The van der Waals surface area contributed by atoms with Crippen LogP contribution in [0.1, 0.15) is 38.1 Å². The van der Waals surface area contributed by atoms with Gasteiger partial charge >= 0.3 is 5.97 Å². The van der Waals surface area contributed by atoms with Crippen LogP contribution in [0.5, 0.6) is 0 Å². The van der Waals surface area contributed by atoms with Gasteiger partial charge in [-0.05, 0) is 12.8 Å². The summed E-state index contributed by atoms with van der Waals surface area (Å²) >= 11 is 1.18. The number of hydrogen-bond donors (Lipinski definition) is 2. The molecule has 0 atom stereocenters. The Morgan fingerprint density at radius 1 is 1.41 bits per heavy atom. The maximum absolute atomic E-state index is 10.6. The van der Waals surface area contributed by atoms with Gasteiger partial charge in [-0.1, -0.05) is 31.0 Å². The molecule has 3 N–H and O–H groups in total. The van der Waals surface area contributed by atoms with Crippen LogP contribution in [0.3, 0.4) is 0 Å². The lowest BCUT2D eigenvalue weighted by Crippen LogP contribution is -2.16. The fourth-order valence-corrected chi connectivity index (χ4v) is 2.93. The monoisotopic (exact) mass is 256 g/mol. The van der Waals surface area contributed by atoms with Gasteiger partial charge in [0, 0.05) is 6.04 Å². The van der Waals surface area contributed by atoms with E-state index in [4.69, 9.17) is 10.8 Å². The first-order valence-corrected chi connectivity index (χ1v) is 6.72. The second-order valence-electron chi connectivity index (χ2n) is 4.19. The van der Waals surface area contributed by atoms with E-state index in [1.54, 1.807) is 0 Å². The molecule has 1 aliphatic rings. The normalized spacial score (nSPS) is 17.2. The smallest absolute Gasteiger partial charge is 0.313 e. The van der Waals surface area contributed by atoms with Crippen LogP contribution in [0, 0.1) is 0 Å². The quantitative estimate of drug-likeness (QED) is 0.794. The van der Waals surface area contributed by atoms with E-state index in [1.807, 2.05) is 4.57 Å². The Bertz CT molecular complexity index is 401. The second kappa shape index (κ2) is 5.39. The predicted molar refractivity (Wildman–Crippen MR) is 64.9 cm³/mol. The lowest BCUT2D eigenvalue weighted by atomic mass is 9.95. The summed E-state index contributed by atoms with van der Waals surface area (Å²) in [5, 5.41) is 17.1. The largest absolute Gasteiger partial charge is 0.481 e. The Morgan fingerprint density at radius 2 is 2.12 bits per heavy atom. The number of nitrogen functional groups attached to an aromatic ring is 1. The highest BCUT2D eigenvalue weighted by Gasteiger charge is 2.22. The summed E-state index contributed by atoms with van der Waals surface area (Å²) in [4.78, 5) is 10.6. The molecule has 94 valence electrons. The number of anilines is 1. The first-order valence-electron chi connectivity index (χ1n) is 5.73. The van der Waals surface area contributed by atoms with Gasteiger partial charge in [0.25, 0.3) is 0 Å². The van der Waals surface area contributed by atoms with Gasteiger partial charge in [0.15, 0.2) is 5.16 Å². The molecule has 1 fully saturated rings. The van der Waals surface area contributed by atoms with Crippen LogP contribution in [0.15, 0.2) is 5.16 Å². The maximum atomic E-state index is 10.6. The molecular formula is C10H16N4O2S. The molecule has 17 heavy (non-hydrogen) atoms. The van der Waals surface area contributed by atoms with Gasteiger partial charge in [-0.2, -0.15) is 0 Å². The molecule has 1 aromatic rings. The van der Waals surface area contributed by atoms with Gasteiger partial charge in [-0.15, -0.1) is 10.2 Å². The lowest BCUT2D eigenvalue weighted by Gasteiger charge is -2.24. The molecule has 0 bridgehead atoms. The maximum Gasteiger partial charge on any atom is 0.313 e. The summed E-state index contributed by atoms with van der Waals surface area (Å²) in [6, 6.07) is 0.329. The summed E-state index contributed by atoms with van der Waals surface area (Å²) in [5.41, 5.74) is 5.81. The molecule has 0 spiro atoms. The molecule has 2 rings (SSSR count). The van der Waals surface area contributed by atoms with Crippen molar-refractivity contribution < 1.29 is 9.90 Å². The summed E-state index contributed by atoms with van der Waals surface area (Å²) in [6.07, 6.45) is 5.78. The molecule has 0 aromatic carbocycles. The van der Waals surface area contributed by atoms with Crippen molar-refractivity contribution in [2.75, 3.05) is 11.5 Å². The minimum atomic E-state index is -0.855. The summed E-state index contributed by atoms with van der Waals surface area (Å²) in [5.74, 6) is -0.471. The van der Waals surface area contributed by atoms with Gasteiger partial charge in [0.1, 0.15) is 0 Å². The van der Waals surface area contributed by atoms with Crippen LogP contribution in [0.4, 0.5) is 5.95 Å². The Hall–Kier alpha value is -1.24. The Kier molecular flexibility index (Phi) is 3.88. The number of aliphatic carboxylic acids is 1. The zero-order valence-corrected chi connectivity index (χ0v) is 10.3. The third-order valence-corrected chi connectivity index (χ3v) is 3.88. The molecule has 0 saturated heterocycles. The first-order chi connectivity index (χ1) is 8.18. The average Bonchev–Trinajstić information content (AvgIpc) is 2.69. The number of carbonyl (C=O) groups is 1. The van der Waals surface area contributed by atoms with Crippen molar-refractivity contribution in [2.45, 2.75) is 43.3 Å². The Balaban J connectivity index is 2.13. The SMILES string of the molecule is Nc1nnc(SCC(=O)O)n1C1CCCCC1. The molecule has 1 aliphatic carbocycles. The van der Waals surface area contributed by atoms with E-state index in [-0.39, 0.29) is 5.75 Å². The number of thioether (sulfide) groups is 1. The van der Waals surface area contributed by atoms with Crippen LogP contribution < -0.4 is 5.73 Å². The Morgan fingerprint density at radius 3 is 2.76 bits per heavy atom. The minimum absolute atomic E-state index is 0.00907. The number of aromatic nitrogens is 3.